The van der Waals surface area contributed by atoms with Crippen LogP contribution >= 0.6 is 0 Å². The number of aliphatic hydroxyl groups excluding tert-OH is 1. The van der Waals surface area contributed by atoms with E-state index >= 15 is 0 Å². The Labute approximate surface area is 91.6 Å². The molecule has 4 heteroatoms. The smallest absolute Gasteiger partial charge is 0.236 e. The first kappa shape index (κ1) is 12.5. The molecule has 0 aliphatic carbocycles. The van der Waals surface area contributed by atoms with Crippen LogP contribution in [-0.4, -0.2) is 47.2 Å². The lowest BCUT2D eigenvalue weighted by Crippen LogP contribution is -2.48. The third-order valence-electron chi connectivity index (χ3n) is 2.52. The van der Waals surface area contributed by atoms with Crippen molar-refractivity contribution in [2.24, 2.45) is 0 Å². The summed E-state index contributed by atoms with van der Waals surface area (Å²) in [5.41, 5.74) is -0.0376. The summed E-state index contributed by atoms with van der Waals surface area (Å²) in [6.45, 7) is 7.73. The minimum absolute atomic E-state index is 0.0376. The van der Waals surface area contributed by atoms with Gasteiger partial charge in [0.1, 0.15) is 0 Å². The average Bonchev–Trinajstić information content (AvgIpc) is 2.13. The highest BCUT2D eigenvalue weighted by molar-refractivity contribution is 5.78. The van der Waals surface area contributed by atoms with Crippen LogP contribution < -0.4 is 5.32 Å². The predicted octanol–water partition coefficient (Wildman–Crippen LogP) is 0.358. The molecule has 0 bridgehead atoms. The Balaban J connectivity index is 2.33. The van der Waals surface area contributed by atoms with Crippen LogP contribution in [0, 0.1) is 0 Å². The van der Waals surface area contributed by atoms with Crippen LogP contribution in [0.5, 0.6) is 0 Å². The van der Waals surface area contributed by atoms with Gasteiger partial charge in [-0.3, -0.25) is 4.79 Å². The molecule has 1 aliphatic rings. The Morgan fingerprint density at radius 1 is 1.53 bits per heavy atom. The van der Waals surface area contributed by atoms with Crippen LogP contribution in [0.2, 0.25) is 0 Å². The summed E-state index contributed by atoms with van der Waals surface area (Å²) in [5, 5.41) is 12.6. The molecule has 15 heavy (non-hydrogen) atoms. The summed E-state index contributed by atoms with van der Waals surface area (Å²) < 4.78 is 0. The van der Waals surface area contributed by atoms with E-state index < -0.39 is 0 Å². The largest absolute Gasteiger partial charge is 0.391 e. The van der Waals surface area contributed by atoms with E-state index in [0.717, 1.165) is 19.4 Å². The molecule has 1 amide bonds. The molecule has 0 aromatic heterocycles. The van der Waals surface area contributed by atoms with Crippen molar-refractivity contribution in [1.29, 1.82) is 0 Å². The van der Waals surface area contributed by atoms with Crippen molar-refractivity contribution in [2.75, 3.05) is 19.6 Å². The van der Waals surface area contributed by atoms with E-state index in [1.54, 1.807) is 4.90 Å². The van der Waals surface area contributed by atoms with E-state index in [1.807, 2.05) is 20.8 Å². The van der Waals surface area contributed by atoms with E-state index in [-0.39, 0.29) is 17.6 Å². The molecule has 0 radical (unpaired) electrons. The van der Waals surface area contributed by atoms with Crippen LogP contribution in [0.15, 0.2) is 0 Å². The Bertz CT molecular complexity index is 223. The Hall–Kier alpha value is -0.610. The van der Waals surface area contributed by atoms with Gasteiger partial charge in [-0.1, -0.05) is 0 Å². The van der Waals surface area contributed by atoms with Gasteiger partial charge in [0, 0.05) is 18.6 Å². The molecule has 1 aliphatic heterocycles. The highest BCUT2D eigenvalue weighted by atomic mass is 16.3. The maximum Gasteiger partial charge on any atom is 0.236 e. The van der Waals surface area contributed by atoms with E-state index in [1.165, 1.54) is 0 Å². The molecule has 4 nitrogen and oxygen atoms in total. The summed E-state index contributed by atoms with van der Waals surface area (Å²) in [5.74, 6) is 0.0867. The number of carbonyl (C=O) groups excluding carboxylic acids is 1. The van der Waals surface area contributed by atoms with E-state index in [2.05, 4.69) is 5.32 Å². The number of nitrogens with zero attached hydrogens (tertiary/aromatic N) is 1. The number of carbonyl (C=O) groups is 1. The van der Waals surface area contributed by atoms with Crippen molar-refractivity contribution in [1.82, 2.24) is 10.2 Å². The van der Waals surface area contributed by atoms with Crippen LogP contribution in [0.1, 0.15) is 33.6 Å². The maximum absolute atomic E-state index is 11.7. The zero-order chi connectivity index (χ0) is 11.5. The Morgan fingerprint density at radius 3 is 2.73 bits per heavy atom. The second-order valence-electron chi connectivity index (χ2n) is 5.24. The molecule has 88 valence electrons. The standard InChI is InChI=1S/C11H22N2O2/c1-11(2,3)12-7-10(15)13-6-4-5-9(14)8-13/h9,12,14H,4-8H2,1-3H3/t9-/m0/s1. The number of piperidine rings is 1. The van der Waals surface area contributed by atoms with Crippen molar-refractivity contribution >= 4 is 5.91 Å². The number of likely N-dealkylation sites (tertiary alicyclic amines) is 1. The van der Waals surface area contributed by atoms with Gasteiger partial charge in [-0.05, 0) is 33.6 Å². The van der Waals surface area contributed by atoms with Crippen molar-refractivity contribution in [3.8, 4) is 0 Å². The van der Waals surface area contributed by atoms with E-state index in [0.29, 0.717) is 13.1 Å². The minimum atomic E-state index is -0.336. The quantitative estimate of drug-likeness (QED) is 0.698. The highest BCUT2D eigenvalue weighted by Gasteiger charge is 2.22. The number of hydrogen-bond donors (Lipinski definition) is 2. The number of nitrogens with one attached hydrogen (secondary N) is 1. The van der Waals surface area contributed by atoms with Gasteiger partial charge >= 0.3 is 0 Å². The highest BCUT2D eigenvalue weighted by Crippen LogP contribution is 2.09. The summed E-state index contributed by atoms with van der Waals surface area (Å²) in [6, 6.07) is 0. The van der Waals surface area contributed by atoms with Gasteiger partial charge in [-0.25, -0.2) is 0 Å². The Morgan fingerprint density at radius 2 is 2.20 bits per heavy atom. The molecule has 0 spiro atoms. The summed E-state index contributed by atoms with van der Waals surface area (Å²) in [4.78, 5) is 13.5. The molecule has 0 unspecified atom stereocenters. The third-order valence-corrected chi connectivity index (χ3v) is 2.52. The van der Waals surface area contributed by atoms with Gasteiger partial charge in [0.15, 0.2) is 0 Å². The van der Waals surface area contributed by atoms with Crippen molar-refractivity contribution in [2.45, 2.75) is 45.3 Å². The second kappa shape index (κ2) is 4.94. The molecule has 0 aromatic carbocycles. The van der Waals surface area contributed by atoms with Gasteiger partial charge in [-0.15, -0.1) is 0 Å². The first-order chi connectivity index (χ1) is 6.88. The normalized spacial score (nSPS) is 22.9. The van der Waals surface area contributed by atoms with E-state index in [9.17, 15) is 9.90 Å². The Kier molecular flexibility index (Phi) is 4.11. The fourth-order valence-corrected chi connectivity index (χ4v) is 1.63. The molecule has 1 saturated heterocycles. The second-order valence-corrected chi connectivity index (χ2v) is 5.24. The van der Waals surface area contributed by atoms with E-state index in [4.69, 9.17) is 0 Å². The molecule has 0 aromatic rings. The van der Waals surface area contributed by atoms with Crippen LogP contribution in [0.25, 0.3) is 0 Å². The molecule has 0 saturated carbocycles. The lowest BCUT2D eigenvalue weighted by atomic mass is 10.1. The number of β-amino-alcohol motifs (C(OH)–C–C–N with tert-alkyl or cyclic N) is 1. The van der Waals surface area contributed by atoms with Gasteiger partial charge in [0.05, 0.1) is 12.6 Å². The number of amides is 1. The molecule has 1 fully saturated rings. The lowest BCUT2D eigenvalue weighted by Gasteiger charge is -2.31. The zero-order valence-electron chi connectivity index (χ0n) is 9.92. The zero-order valence-corrected chi connectivity index (χ0v) is 9.92. The van der Waals surface area contributed by atoms with Crippen LogP contribution in [0.3, 0.4) is 0 Å². The molecule has 1 atom stereocenters. The summed E-state index contributed by atoms with van der Waals surface area (Å²) in [6.07, 6.45) is 1.39. The van der Waals surface area contributed by atoms with Crippen molar-refractivity contribution in [3.63, 3.8) is 0 Å². The molecule has 1 heterocycles. The topological polar surface area (TPSA) is 52.6 Å². The van der Waals surface area contributed by atoms with Gasteiger partial charge < -0.3 is 15.3 Å². The van der Waals surface area contributed by atoms with Crippen LogP contribution in [0.4, 0.5) is 0 Å². The molecule has 1 rings (SSSR count). The van der Waals surface area contributed by atoms with Crippen LogP contribution in [-0.2, 0) is 4.79 Å². The third kappa shape index (κ3) is 4.62. The van der Waals surface area contributed by atoms with Gasteiger partial charge in [0.25, 0.3) is 0 Å². The minimum Gasteiger partial charge on any atom is -0.391 e. The van der Waals surface area contributed by atoms with Gasteiger partial charge in [0.2, 0.25) is 5.91 Å². The predicted molar refractivity (Wildman–Crippen MR) is 59.6 cm³/mol. The number of aliphatic hydroxyl groups is 1. The van der Waals surface area contributed by atoms with Crippen molar-refractivity contribution < 1.29 is 9.90 Å². The lowest BCUT2D eigenvalue weighted by molar-refractivity contribution is -0.133. The number of hydrogen-bond acceptors (Lipinski definition) is 3. The first-order valence-corrected chi connectivity index (χ1v) is 5.59. The first-order valence-electron chi connectivity index (χ1n) is 5.59. The van der Waals surface area contributed by atoms with Crippen molar-refractivity contribution in [3.05, 3.63) is 0 Å². The fraction of sp³-hybridized carbons (Fsp3) is 0.909. The average molecular weight is 214 g/mol. The maximum atomic E-state index is 11.7. The molecule has 2 N–H and O–H groups in total. The summed E-state index contributed by atoms with van der Waals surface area (Å²) >= 11 is 0. The SMILES string of the molecule is CC(C)(C)NCC(=O)N1CCC[C@H](O)C1. The fourth-order valence-electron chi connectivity index (χ4n) is 1.63. The molecular weight excluding hydrogens is 192 g/mol. The number of rotatable bonds is 2. The van der Waals surface area contributed by atoms with Gasteiger partial charge in [-0.2, -0.15) is 0 Å². The molecular formula is C11H22N2O2. The summed E-state index contributed by atoms with van der Waals surface area (Å²) in [7, 11) is 0. The monoisotopic (exact) mass is 214 g/mol.